The molecule has 9 heteroatoms. The Morgan fingerprint density at radius 1 is 1.06 bits per heavy atom. The van der Waals surface area contributed by atoms with E-state index in [0.29, 0.717) is 38.2 Å². The van der Waals surface area contributed by atoms with Crippen molar-refractivity contribution in [3.05, 3.63) is 64.2 Å². The smallest absolute Gasteiger partial charge is 0.293 e. The molecule has 0 bridgehead atoms. The highest BCUT2D eigenvalue weighted by atomic mass is 32.2. The summed E-state index contributed by atoms with van der Waals surface area (Å²) in [7, 11) is -3.73. The molecule has 2 saturated heterocycles. The van der Waals surface area contributed by atoms with Crippen LogP contribution >= 0.6 is 0 Å². The van der Waals surface area contributed by atoms with Gasteiger partial charge in [0.2, 0.25) is 10.0 Å². The summed E-state index contributed by atoms with van der Waals surface area (Å²) >= 11 is 0. The van der Waals surface area contributed by atoms with E-state index in [1.54, 1.807) is 0 Å². The molecule has 31 heavy (non-hydrogen) atoms. The van der Waals surface area contributed by atoms with Gasteiger partial charge < -0.3 is 10.1 Å². The topological polar surface area (TPSA) is 102 Å². The molecule has 166 valence electrons. The predicted molar refractivity (Wildman–Crippen MR) is 117 cm³/mol. The van der Waals surface area contributed by atoms with Crippen LogP contribution in [-0.4, -0.2) is 43.4 Å². The predicted octanol–water partition coefficient (Wildman–Crippen LogP) is 4.10. The molecule has 0 aliphatic carbocycles. The highest BCUT2D eigenvalue weighted by Crippen LogP contribution is 2.34. The number of nitrogens with one attached hydrogen (secondary N) is 1. The molecular formula is C22H27N3O5S. The lowest BCUT2D eigenvalue weighted by molar-refractivity contribution is -0.384. The van der Waals surface area contributed by atoms with Crippen molar-refractivity contribution in [2.24, 2.45) is 0 Å². The second kappa shape index (κ2) is 9.33. The Labute approximate surface area is 182 Å². The van der Waals surface area contributed by atoms with Gasteiger partial charge in [0, 0.05) is 31.8 Å². The molecule has 2 aliphatic heterocycles. The molecule has 2 aromatic carbocycles. The number of anilines is 1. The Kier molecular flexibility index (Phi) is 6.54. The summed E-state index contributed by atoms with van der Waals surface area (Å²) in [5.41, 5.74) is 1.19. The second-order valence-corrected chi connectivity index (χ2v) is 9.97. The minimum atomic E-state index is -3.73. The summed E-state index contributed by atoms with van der Waals surface area (Å²) < 4.78 is 33.2. The molecule has 2 unspecified atom stereocenters. The van der Waals surface area contributed by atoms with Gasteiger partial charge in [-0.05, 0) is 43.4 Å². The fourth-order valence-electron chi connectivity index (χ4n) is 4.25. The van der Waals surface area contributed by atoms with Crippen molar-refractivity contribution in [2.75, 3.05) is 25.0 Å². The van der Waals surface area contributed by atoms with E-state index in [2.05, 4.69) is 5.32 Å². The number of rotatable bonds is 6. The largest absolute Gasteiger partial charge is 0.377 e. The van der Waals surface area contributed by atoms with Crippen molar-refractivity contribution >= 4 is 21.4 Å². The molecule has 4 rings (SSSR count). The van der Waals surface area contributed by atoms with Crippen molar-refractivity contribution in [3.8, 4) is 0 Å². The third-order valence-electron chi connectivity index (χ3n) is 5.93. The Hall–Kier alpha value is -2.49. The summed E-state index contributed by atoms with van der Waals surface area (Å²) in [6.45, 7) is 1.46. The van der Waals surface area contributed by atoms with Crippen LogP contribution in [-0.2, 0) is 14.8 Å². The molecule has 0 amide bonds. The Balaban J connectivity index is 1.54. The van der Waals surface area contributed by atoms with E-state index < -0.39 is 14.9 Å². The molecule has 0 saturated carbocycles. The van der Waals surface area contributed by atoms with Crippen LogP contribution < -0.4 is 5.32 Å². The molecule has 8 nitrogen and oxygen atoms in total. The van der Waals surface area contributed by atoms with E-state index in [0.717, 1.165) is 24.8 Å². The van der Waals surface area contributed by atoms with E-state index in [9.17, 15) is 18.5 Å². The Bertz CT molecular complexity index is 1020. The summed E-state index contributed by atoms with van der Waals surface area (Å²) in [5, 5.41) is 15.0. The highest BCUT2D eigenvalue weighted by molar-refractivity contribution is 7.89. The van der Waals surface area contributed by atoms with Crippen molar-refractivity contribution in [1.82, 2.24) is 4.31 Å². The van der Waals surface area contributed by atoms with Gasteiger partial charge in [-0.1, -0.05) is 36.8 Å². The van der Waals surface area contributed by atoms with Crippen LogP contribution in [0.15, 0.2) is 53.4 Å². The molecule has 2 atom stereocenters. The van der Waals surface area contributed by atoms with Crippen LogP contribution in [0, 0.1) is 10.1 Å². The number of hydrogen-bond donors (Lipinski definition) is 1. The Morgan fingerprint density at radius 2 is 1.81 bits per heavy atom. The van der Waals surface area contributed by atoms with Crippen molar-refractivity contribution in [1.29, 1.82) is 0 Å². The van der Waals surface area contributed by atoms with E-state index in [4.69, 9.17) is 4.74 Å². The molecule has 0 aromatic heterocycles. The normalized spacial score (nSPS) is 22.7. The highest BCUT2D eigenvalue weighted by Gasteiger charge is 2.30. The molecule has 2 aromatic rings. The van der Waals surface area contributed by atoms with Gasteiger partial charge in [0.05, 0.1) is 15.9 Å². The standard InChI is InChI=1S/C22H27N3O5S/c26-25(27)21-16-19(31(28,29)24-12-5-2-6-13-24)9-10-20(21)23-18-11-14-30-22(15-18)17-7-3-1-4-8-17/h1,3-4,7-10,16,18,22-23H,2,5-6,11-15H2. The summed E-state index contributed by atoms with van der Waals surface area (Å²) in [5.74, 6) is 0. The van der Waals surface area contributed by atoms with Gasteiger partial charge >= 0.3 is 0 Å². The van der Waals surface area contributed by atoms with Crippen LogP contribution in [0.2, 0.25) is 0 Å². The van der Waals surface area contributed by atoms with E-state index >= 15 is 0 Å². The average molecular weight is 446 g/mol. The minimum Gasteiger partial charge on any atom is -0.377 e. The van der Waals surface area contributed by atoms with Gasteiger partial charge in [-0.3, -0.25) is 10.1 Å². The molecule has 2 aliphatic rings. The SMILES string of the molecule is O=[N+]([O-])c1cc(S(=O)(=O)N2CCCCC2)ccc1NC1CCOC(c2ccccc2)C1. The minimum absolute atomic E-state index is 0.0118. The monoisotopic (exact) mass is 445 g/mol. The molecule has 0 radical (unpaired) electrons. The third kappa shape index (κ3) is 4.89. The average Bonchev–Trinajstić information content (AvgIpc) is 2.80. The zero-order valence-electron chi connectivity index (χ0n) is 17.3. The van der Waals surface area contributed by atoms with Crippen molar-refractivity contribution in [2.45, 2.75) is 49.1 Å². The lowest BCUT2D eigenvalue weighted by Gasteiger charge is -2.31. The number of benzene rings is 2. The number of nitrogens with zero attached hydrogens (tertiary/aromatic N) is 2. The first-order chi connectivity index (χ1) is 14.9. The van der Waals surface area contributed by atoms with E-state index in [-0.39, 0.29) is 22.7 Å². The summed E-state index contributed by atoms with van der Waals surface area (Å²) in [6, 6.07) is 14.0. The number of ether oxygens (including phenoxy) is 1. The van der Waals surface area contributed by atoms with Crippen LogP contribution in [0.1, 0.15) is 43.8 Å². The Morgan fingerprint density at radius 3 is 2.52 bits per heavy atom. The van der Waals surface area contributed by atoms with Crippen LogP contribution in [0.5, 0.6) is 0 Å². The van der Waals surface area contributed by atoms with Gasteiger partial charge in [0.25, 0.3) is 5.69 Å². The molecule has 2 fully saturated rings. The fraction of sp³-hybridized carbons (Fsp3) is 0.455. The fourth-order valence-corrected chi connectivity index (χ4v) is 5.78. The number of hydrogen-bond acceptors (Lipinski definition) is 6. The second-order valence-electron chi connectivity index (χ2n) is 8.04. The lowest BCUT2D eigenvalue weighted by atomic mass is 9.97. The maximum Gasteiger partial charge on any atom is 0.293 e. The number of nitro groups is 1. The van der Waals surface area contributed by atoms with Crippen molar-refractivity contribution < 1.29 is 18.1 Å². The maximum atomic E-state index is 12.9. The zero-order valence-corrected chi connectivity index (χ0v) is 18.1. The van der Waals surface area contributed by atoms with Gasteiger partial charge in [-0.2, -0.15) is 4.31 Å². The number of nitro benzene ring substituents is 1. The molecule has 0 spiro atoms. The quantitative estimate of drug-likeness (QED) is 0.531. The van der Waals surface area contributed by atoms with Crippen molar-refractivity contribution in [3.63, 3.8) is 0 Å². The third-order valence-corrected chi connectivity index (χ3v) is 7.83. The number of sulfonamides is 1. The van der Waals surface area contributed by atoms with Gasteiger partial charge in [0.15, 0.2) is 0 Å². The van der Waals surface area contributed by atoms with E-state index in [1.807, 2.05) is 30.3 Å². The molecular weight excluding hydrogens is 418 g/mol. The van der Waals surface area contributed by atoms with Crippen LogP contribution in [0.3, 0.4) is 0 Å². The van der Waals surface area contributed by atoms with E-state index in [1.165, 1.54) is 22.5 Å². The summed E-state index contributed by atoms with van der Waals surface area (Å²) in [4.78, 5) is 11.2. The van der Waals surface area contributed by atoms with Gasteiger partial charge in [0.1, 0.15) is 5.69 Å². The first-order valence-corrected chi connectivity index (χ1v) is 12.1. The van der Waals surface area contributed by atoms with Crippen LogP contribution in [0.25, 0.3) is 0 Å². The lowest BCUT2D eigenvalue weighted by Crippen LogP contribution is -2.35. The molecule has 1 N–H and O–H groups in total. The molecule has 2 heterocycles. The van der Waals surface area contributed by atoms with Crippen LogP contribution in [0.4, 0.5) is 11.4 Å². The first kappa shape index (κ1) is 21.7. The maximum absolute atomic E-state index is 12.9. The van der Waals surface area contributed by atoms with Gasteiger partial charge in [-0.25, -0.2) is 8.42 Å². The van der Waals surface area contributed by atoms with Gasteiger partial charge in [-0.15, -0.1) is 0 Å². The first-order valence-electron chi connectivity index (χ1n) is 10.7. The zero-order chi connectivity index (χ0) is 21.8. The number of piperidine rings is 1. The summed E-state index contributed by atoms with van der Waals surface area (Å²) in [6.07, 6.45) is 3.94.